The smallest absolute Gasteiger partial charge is 0.201 e. The highest BCUT2D eigenvalue weighted by Crippen LogP contribution is 2.23. The van der Waals surface area contributed by atoms with Crippen LogP contribution in [-0.4, -0.2) is 34.1 Å². The maximum atomic E-state index is 6.10. The van der Waals surface area contributed by atoms with Gasteiger partial charge in [0.1, 0.15) is 0 Å². The lowest BCUT2D eigenvalue weighted by Crippen LogP contribution is -2.39. The molecular formula is C14H19IN4. The van der Waals surface area contributed by atoms with E-state index in [0.717, 1.165) is 17.6 Å². The van der Waals surface area contributed by atoms with Crippen LogP contribution in [0.3, 0.4) is 0 Å². The Balaban J connectivity index is 1.93. The number of imidazole rings is 1. The summed E-state index contributed by atoms with van der Waals surface area (Å²) in [6, 6.07) is 6.91. The zero-order valence-corrected chi connectivity index (χ0v) is 13.3. The van der Waals surface area contributed by atoms with Gasteiger partial charge in [0.05, 0.1) is 11.0 Å². The molecule has 1 atom stereocenters. The van der Waals surface area contributed by atoms with Crippen molar-refractivity contribution in [1.82, 2.24) is 14.5 Å². The molecule has 1 aliphatic heterocycles. The molecule has 0 bridgehead atoms. The third kappa shape index (κ3) is 2.58. The van der Waals surface area contributed by atoms with E-state index in [-0.39, 0.29) is 0 Å². The van der Waals surface area contributed by atoms with Gasteiger partial charge in [-0.25, -0.2) is 4.98 Å². The fraction of sp³-hybridized carbons (Fsp3) is 0.500. The first-order chi connectivity index (χ1) is 9.15. The number of nitrogens with two attached hydrogens (primary N) is 1. The predicted octanol–water partition coefficient (Wildman–Crippen LogP) is 2.71. The van der Waals surface area contributed by atoms with Crippen LogP contribution in [0, 0.1) is 3.57 Å². The van der Waals surface area contributed by atoms with Gasteiger partial charge in [-0.15, -0.1) is 0 Å². The van der Waals surface area contributed by atoms with Crippen molar-refractivity contribution < 1.29 is 0 Å². The lowest BCUT2D eigenvalue weighted by Gasteiger charge is -2.32. The highest BCUT2D eigenvalue weighted by Gasteiger charge is 2.21. The van der Waals surface area contributed by atoms with Crippen LogP contribution in [0.1, 0.15) is 19.3 Å². The first-order valence-corrected chi connectivity index (χ1v) is 7.84. The van der Waals surface area contributed by atoms with Crippen molar-refractivity contribution in [2.75, 3.05) is 19.3 Å². The molecule has 0 radical (unpaired) electrons. The van der Waals surface area contributed by atoms with Gasteiger partial charge in [0.15, 0.2) is 0 Å². The van der Waals surface area contributed by atoms with Crippen molar-refractivity contribution in [1.29, 1.82) is 0 Å². The Morgan fingerprint density at radius 1 is 1.42 bits per heavy atom. The molecule has 0 aliphatic carbocycles. The predicted molar refractivity (Wildman–Crippen MR) is 87.1 cm³/mol. The third-order valence-electron chi connectivity index (χ3n) is 4.05. The molecule has 1 saturated heterocycles. The van der Waals surface area contributed by atoms with Crippen molar-refractivity contribution in [3.8, 4) is 0 Å². The number of likely N-dealkylation sites (N-methyl/N-ethyl adjacent to an activating group) is 1. The van der Waals surface area contributed by atoms with Crippen molar-refractivity contribution in [3.05, 3.63) is 21.8 Å². The third-order valence-corrected chi connectivity index (χ3v) is 4.73. The van der Waals surface area contributed by atoms with Gasteiger partial charge in [0, 0.05) is 16.2 Å². The molecule has 1 aromatic carbocycles. The Bertz CT molecular complexity index is 592. The van der Waals surface area contributed by atoms with E-state index in [1.165, 1.54) is 29.4 Å². The van der Waals surface area contributed by atoms with Gasteiger partial charge in [-0.05, 0) is 67.2 Å². The van der Waals surface area contributed by atoms with Crippen molar-refractivity contribution in [3.63, 3.8) is 0 Å². The molecule has 1 unspecified atom stereocenters. The molecule has 102 valence electrons. The average Bonchev–Trinajstić information content (AvgIpc) is 2.68. The molecule has 3 rings (SSSR count). The molecule has 2 N–H and O–H groups in total. The topological polar surface area (TPSA) is 47.1 Å². The molecule has 19 heavy (non-hydrogen) atoms. The van der Waals surface area contributed by atoms with Crippen LogP contribution in [0.25, 0.3) is 11.0 Å². The first kappa shape index (κ1) is 13.2. The second-order valence-electron chi connectivity index (χ2n) is 5.34. The van der Waals surface area contributed by atoms with E-state index in [2.05, 4.69) is 62.3 Å². The largest absolute Gasteiger partial charge is 0.369 e. The Hall–Kier alpha value is -0.820. The number of hydrogen-bond acceptors (Lipinski definition) is 3. The van der Waals surface area contributed by atoms with E-state index >= 15 is 0 Å². The van der Waals surface area contributed by atoms with Crippen LogP contribution in [0.5, 0.6) is 0 Å². The first-order valence-electron chi connectivity index (χ1n) is 6.76. The van der Waals surface area contributed by atoms with Crippen LogP contribution < -0.4 is 5.73 Å². The van der Waals surface area contributed by atoms with Gasteiger partial charge < -0.3 is 15.2 Å². The van der Waals surface area contributed by atoms with E-state index in [9.17, 15) is 0 Å². The van der Waals surface area contributed by atoms with Crippen LogP contribution in [0.15, 0.2) is 18.2 Å². The zero-order chi connectivity index (χ0) is 13.4. The number of fused-ring (bicyclic) bond motifs is 1. The SMILES string of the molecule is CN1CCCCC1Cn1c(N)nc2cc(I)ccc21. The highest BCUT2D eigenvalue weighted by atomic mass is 127. The Morgan fingerprint density at radius 2 is 2.26 bits per heavy atom. The lowest BCUT2D eigenvalue weighted by atomic mass is 10.0. The minimum absolute atomic E-state index is 0.577. The maximum Gasteiger partial charge on any atom is 0.201 e. The number of nitrogens with zero attached hydrogens (tertiary/aromatic N) is 3. The van der Waals surface area contributed by atoms with E-state index in [1.54, 1.807) is 0 Å². The molecule has 1 fully saturated rings. The molecular weight excluding hydrogens is 351 g/mol. The number of anilines is 1. The average molecular weight is 370 g/mol. The number of piperidine rings is 1. The lowest BCUT2D eigenvalue weighted by molar-refractivity contribution is 0.169. The Morgan fingerprint density at radius 3 is 3.05 bits per heavy atom. The summed E-state index contributed by atoms with van der Waals surface area (Å²) in [6.45, 7) is 2.13. The Kier molecular flexibility index (Phi) is 3.66. The van der Waals surface area contributed by atoms with Gasteiger partial charge in [0.25, 0.3) is 0 Å². The van der Waals surface area contributed by atoms with Crippen molar-refractivity contribution in [2.45, 2.75) is 31.8 Å². The summed E-state index contributed by atoms with van der Waals surface area (Å²) in [4.78, 5) is 6.93. The van der Waals surface area contributed by atoms with Gasteiger partial charge in [-0.2, -0.15) is 0 Å². The number of aromatic nitrogens is 2. The fourth-order valence-corrected chi connectivity index (χ4v) is 3.37. The summed E-state index contributed by atoms with van der Waals surface area (Å²) < 4.78 is 3.36. The number of nitrogen functional groups attached to an aromatic ring is 1. The second kappa shape index (κ2) is 5.28. The maximum absolute atomic E-state index is 6.10. The zero-order valence-electron chi connectivity index (χ0n) is 11.1. The summed E-state index contributed by atoms with van der Waals surface area (Å²) >= 11 is 2.31. The van der Waals surface area contributed by atoms with Crippen LogP contribution in [0.4, 0.5) is 5.95 Å². The molecule has 0 spiro atoms. The fourth-order valence-electron chi connectivity index (χ4n) is 2.90. The molecule has 4 nitrogen and oxygen atoms in total. The van der Waals surface area contributed by atoms with Crippen LogP contribution >= 0.6 is 22.6 Å². The molecule has 0 saturated carbocycles. The normalized spacial score (nSPS) is 21.1. The summed E-state index contributed by atoms with van der Waals surface area (Å²) in [7, 11) is 2.21. The van der Waals surface area contributed by atoms with Crippen molar-refractivity contribution >= 4 is 39.6 Å². The van der Waals surface area contributed by atoms with E-state index in [1.807, 2.05) is 0 Å². The quantitative estimate of drug-likeness (QED) is 0.827. The number of halogens is 1. The van der Waals surface area contributed by atoms with Gasteiger partial charge >= 0.3 is 0 Å². The molecule has 0 amide bonds. The van der Waals surface area contributed by atoms with Crippen LogP contribution in [-0.2, 0) is 6.54 Å². The number of hydrogen-bond donors (Lipinski definition) is 1. The molecule has 2 aromatic rings. The molecule has 5 heteroatoms. The summed E-state index contributed by atoms with van der Waals surface area (Å²) in [5.41, 5.74) is 8.25. The number of likely N-dealkylation sites (tertiary alicyclic amines) is 1. The minimum Gasteiger partial charge on any atom is -0.369 e. The number of benzene rings is 1. The monoisotopic (exact) mass is 370 g/mol. The number of rotatable bonds is 2. The van der Waals surface area contributed by atoms with E-state index in [4.69, 9.17) is 5.73 Å². The standard InChI is InChI=1S/C14H19IN4/c1-18-7-3-2-4-11(18)9-19-13-6-5-10(15)8-12(13)17-14(19)16/h5-6,8,11H,2-4,7,9H2,1H3,(H2,16,17). The van der Waals surface area contributed by atoms with Gasteiger partial charge in [-0.1, -0.05) is 6.42 Å². The van der Waals surface area contributed by atoms with Gasteiger partial charge in [0.2, 0.25) is 5.95 Å². The van der Waals surface area contributed by atoms with Gasteiger partial charge in [-0.3, -0.25) is 0 Å². The van der Waals surface area contributed by atoms with E-state index < -0.39 is 0 Å². The van der Waals surface area contributed by atoms with Crippen LogP contribution in [0.2, 0.25) is 0 Å². The Labute approximate surface area is 127 Å². The minimum atomic E-state index is 0.577. The summed E-state index contributed by atoms with van der Waals surface area (Å²) in [5, 5.41) is 0. The summed E-state index contributed by atoms with van der Waals surface area (Å²) in [5.74, 6) is 0.635. The molecule has 1 aliphatic rings. The molecule has 2 heterocycles. The van der Waals surface area contributed by atoms with E-state index in [0.29, 0.717) is 12.0 Å². The summed E-state index contributed by atoms with van der Waals surface area (Å²) in [6.07, 6.45) is 3.88. The highest BCUT2D eigenvalue weighted by molar-refractivity contribution is 14.1. The molecule has 1 aromatic heterocycles. The van der Waals surface area contributed by atoms with Crippen molar-refractivity contribution in [2.24, 2.45) is 0 Å². The second-order valence-corrected chi connectivity index (χ2v) is 6.59.